The number of nitrogens with zero attached hydrogens (tertiary/aromatic N) is 1. The summed E-state index contributed by atoms with van der Waals surface area (Å²) in [5.41, 5.74) is 0.562. The molecule has 1 spiro atoms. The molecule has 2 rings (SSSR count). The zero-order valence-corrected chi connectivity index (χ0v) is 9.17. The molecule has 0 radical (unpaired) electrons. The number of hydrogen-bond acceptors (Lipinski definition) is 2. The fourth-order valence-electron chi connectivity index (χ4n) is 2.51. The Balaban J connectivity index is 1.79. The lowest BCUT2D eigenvalue weighted by Gasteiger charge is -2.37. The van der Waals surface area contributed by atoms with Gasteiger partial charge in [0.25, 0.3) is 0 Å². The van der Waals surface area contributed by atoms with Crippen LogP contribution in [-0.2, 0) is 4.74 Å². The molecule has 2 aliphatic heterocycles. The van der Waals surface area contributed by atoms with E-state index < -0.39 is 0 Å². The fourth-order valence-corrected chi connectivity index (χ4v) is 2.51. The van der Waals surface area contributed by atoms with Crippen LogP contribution in [0.5, 0.6) is 0 Å². The molecule has 14 heavy (non-hydrogen) atoms. The van der Waals surface area contributed by atoms with Crippen LogP contribution in [0.2, 0.25) is 0 Å². The first kappa shape index (κ1) is 10.2. The third-order valence-electron chi connectivity index (χ3n) is 3.70. The smallest absolute Gasteiger partial charge is 0.0524 e. The van der Waals surface area contributed by atoms with Gasteiger partial charge in [-0.2, -0.15) is 0 Å². The Kier molecular flexibility index (Phi) is 3.24. The first-order chi connectivity index (χ1) is 6.85. The maximum atomic E-state index is 5.52. The average molecular weight is 195 g/mol. The van der Waals surface area contributed by atoms with Crippen LogP contribution in [0, 0.1) is 5.41 Å². The van der Waals surface area contributed by atoms with Crippen molar-refractivity contribution in [1.29, 1.82) is 0 Å². The highest BCUT2D eigenvalue weighted by Gasteiger charge is 2.37. The van der Waals surface area contributed by atoms with Gasteiger partial charge in [0.05, 0.1) is 6.61 Å². The van der Waals surface area contributed by atoms with E-state index in [1.165, 1.54) is 32.4 Å². The summed E-state index contributed by atoms with van der Waals surface area (Å²) in [7, 11) is 0. The molecule has 0 aromatic carbocycles. The predicted octanol–water partition coefficient (Wildman–Crippen LogP) is 2.06. The van der Waals surface area contributed by atoms with Crippen LogP contribution in [0.15, 0.2) is 12.2 Å². The minimum absolute atomic E-state index is 0.562. The second-order valence-corrected chi connectivity index (χ2v) is 4.67. The first-order valence-electron chi connectivity index (χ1n) is 5.76. The zero-order valence-electron chi connectivity index (χ0n) is 9.17. The van der Waals surface area contributed by atoms with E-state index in [-0.39, 0.29) is 0 Å². The molecule has 2 aliphatic rings. The molecule has 2 heteroatoms. The van der Waals surface area contributed by atoms with Crippen LogP contribution in [0.1, 0.15) is 26.2 Å². The van der Waals surface area contributed by atoms with Gasteiger partial charge in [0.1, 0.15) is 0 Å². The van der Waals surface area contributed by atoms with Crippen LogP contribution in [0.3, 0.4) is 0 Å². The molecular weight excluding hydrogens is 174 g/mol. The summed E-state index contributed by atoms with van der Waals surface area (Å²) in [6, 6.07) is 0. The summed E-state index contributed by atoms with van der Waals surface area (Å²) >= 11 is 0. The van der Waals surface area contributed by atoms with E-state index >= 15 is 0 Å². The van der Waals surface area contributed by atoms with Crippen LogP contribution in [0.25, 0.3) is 0 Å². The summed E-state index contributed by atoms with van der Waals surface area (Å²) < 4.78 is 5.52. The van der Waals surface area contributed by atoms with E-state index in [4.69, 9.17) is 4.74 Å². The van der Waals surface area contributed by atoms with Gasteiger partial charge in [0.15, 0.2) is 0 Å². The Morgan fingerprint density at radius 1 is 1.29 bits per heavy atom. The molecule has 0 aromatic heterocycles. The normalized spacial score (nSPS) is 27.8. The summed E-state index contributed by atoms with van der Waals surface area (Å²) in [6.07, 6.45) is 8.37. The lowest BCUT2D eigenvalue weighted by molar-refractivity contribution is 0.0860. The van der Waals surface area contributed by atoms with Crippen LogP contribution in [0.4, 0.5) is 0 Å². The quantitative estimate of drug-likeness (QED) is 0.625. The third kappa shape index (κ3) is 2.18. The van der Waals surface area contributed by atoms with Gasteiger partial charge in [0, 0.05) is 13.2 Å². The average Bonchev–Trinajstić information content (AvgIpc) is 2.66. The molecule has 0 saturated carbocycles. The second kappa shape index (κ2) is 4.45. The molecule has 2 nitrogen and oxygen atoms in total. The van der Waals surface area contributed by atoms with Crippen LogP contribution >= 0.6 is 0 Å². The Hall–Kier alpha value is -0.340. The first-order valence-corrected chi connectivity index (χ1v) is 5.76. The zero-order chi connectivity index (χ0) is 9.86. The van der Waals surface area contributed by atoms with E-state index in [0.29, 0.717) is 5.41 Å². The molecule has 0 atom stereocenters. The Morgan fingerprint density at radius 3 is 2.64 bits per heavy atom. The van der Waals surface area contributed by atoms with Crippen LogP contribution in [-0.4, -0.2) is 37.7 Å². The van der Waals surface area contributed by atoms with Gasteiger partial charge in [-0.25, -0.2) is 0 Å². The largest absolute Gasteiger partial charge is 0.381 e. The van der Waals surface area contributed by atoms with Crippen LogP contribution < -0.4 is 0 Å². The van der Waals surface area contributed by atoms with Gasteiger partial charge in [-0.05, 0) is 44.7 Å². The molecule has 0 amide bonds. The molecule has 2 heterocycles. The predicted molar refractivity (Wildman–Crippen MR) is 58.4 cm³/mol. The minimum atomic E-state index is 0.562. The van der Waals surface area contributed by atoms with Crippen molar-refractivity contribution in [2.24, 2.45) is 5.41 Å². The molecule has 2 fully saturated rings. The lowest BCUT2D eigenvalue weighted by atomic mass is 9.78. The molecule has 0 bridgehead atoms. The number of hydrogen-bond donors (Lipinski definition) is 0. The topological polar surface area (TPSA) is 12.5 Å². The van der Waals surface area contributed by atoms with Crippen molar-refractivity contribution in [1.82, 2.24) is 4.90 Å². The molecule has 0 aromatic rings. The SMILES string of the molecule is C/C=C/CN1CCC2(CCOC2)CC1. The van der Waals surface area contributed by atoms with E-state index in [1.54, 1.807) is 0 Å². The number of ether oxygens (including phenoxy) is 1. The Bertz CT molecular complexity index is 196. The lowest BCUT2D eigenvalue weighted by Crippen LogP contribution is -2.40. The third-order valence-corrected chi connectivity index (χ3v) is 3.70. The van der Waals surface area contributed by atoms with Crippen molar-refractivity contribution < 1.29 is 4.74 Å². The van der Waals surface area contributed by atoms with Gasteiger partial charge in [-0.15, -0.1) is 0 Å². The van der Waals surface area contributed by atoms with E-state index in [1.807, 2.05) is 0 Å². The molecule has 0 N–H and O–H groups in total. The van der Waals surface area contributed by atoms with E-state index in [0.717, 1.165) is 19.8 Å². The fraction of sp³-hybridized carbons (Fsp3) is 0.833. The monoisotopic (exact) mass is 195 g/mol. The van der Waals surface area contributed by atoms with Gasteiger partial charge >= 0.3 is 0 Å². The maximum Gasteiger partial charge on any atom is 0.0524 e. The Labute approximate surface area is 86.9 Å². The van der Waals surface area contributed by atoms with Crippen molar-refractivity contribution in [2.45, 2.75) is 26.2 Å². The number of allylic oxidation sites excluding steroid dienone is 1. The van der Waals surface area contributed by atoms with Crippen molar-refractivity contribution in [2.75, 3.05) is 32.8 Å². The van der Waals surface area contributed by atoms with Gasteiger partial charge in [0.2, 0.25) is 0 Å². The minimum Gasteiger partial charge on any atom is -0.381 e. The van der Waals surface area contributed by atoms with Crippen molar-refractivity contribution in [3.05, 3.63) is 12.2 Å². The van der Waals surface area contributed by atoms with Crippen molar-refractivity contribution >= 4 is 0 Å². The summed E-state index contributed by atoms with van der Waals surface area (Å²) in [5, 5.41) is 0. The highest BCUT2D eigenvalue weighted by atomic mass is 16.5. The molecule has 0 aliphatic carbocycles. The van der Waals surface area contributed by atoms with E-state index in [2.05, 4.69) is 24.0 Å². The summed E-state index contributed by atoms with van der Waals surface area (Å²) in [6.45, 7) is 7.75. The van der Waals surface area contributed by atoms with E-state index in [9.17, 15) is 0 Å². The molecule has 2 saturated heterocycles. The van der Waals surface area contributed by atoms with Gasteiger partial charge < -0.3 is 4.74 Å². The summed E-state index contributed by atoms with van der Waals surface area (Å²) in [5.74, 6) is 0. The maximum absolute atomic E-state index is 5.52. The Morgan fingerprint density at radius 2 is 2.07 bits per heavy atom. The van der Waals surface area contributed by atoms with Gasteiger partial charge in [-0.3, -0.25) is 4.90 Å². The number of rotatable bonds is 2. The van der Waals surface area contributed by atoms with Crippen molar-refractivity contribution in [3.63, 3.8) is 0 Å². The molecule has 80 valence electrons. The number of likely N-dealkylation sites (tertiary alicyclic amines) is 1. The number of piperidine rings is 1. The molecular formula is C12H21NO. The molecule has 0 unspecified atom stereocenters. The standard InChI is InChI=1S/C12H21NO/c1-2-3-7-13-8-4-12(5-9-13)6-10-14-11-12/h2-3H,4-11H2,1H3/b3-2+. The second-order valence-electron chi connectivity index (χ2n) is 4.67. The van der Waals surface area contributed by atoms with Gasteiger partial charge in [-0.1, -0.05) is 12.2 Å². The summed E-state index contributed by atoms with van der Waals surface area (Å²) in [4.78, 5) is 2.55. The highest BCUT2D eigenvalue weighted by Crippen LogP contribution is 2.38. The highest BCUT2D eigenvalue weighted by molar-refractivity contribution is 4.91. The van der Waals surface area contributed by atoms with Crippen molar-refractivity contribution in [3.8, 4) is 0 Å².